The Kier molecular flexibility index (Phi) is 16.9. The summed E-state index contributed by atoms with van der Waals surface area (Å²) in [5.41, 5.74) is -0.482. The van der Waals surface area contributed by atoms with Crippen molar-refractivity contribution in [1.82, 2.24) is 0 Å². The minimum Gasteiger partial charge on any atom is -0.464 e. The molecule has 0 aliphatic carbocycles. The number of nitrogens with zero attached hydrogens (tertiary/aromatic N) is 1. The first-order valence-electron chi connectivity index (χ1n) is 14.7. The fraction of sp³-hybridized carbons (Fsp3) is 0.656. The number of aliphatic hydroxyl groups is 1. The molecule has 1 saturated heterocycles. The highest BCUT2D eigenvalue weighted by Gasteiger charge is 2.51. The predicted molar refractivity (Wildman–Crippen MR) is 161 cm³/mol. The van der Waals surface area contributed by atoms with Crippen LogP contribution in [0, 0.1) is 12.3 Å². The van der Waals surface area contributed by atoms with Crippen molar-refractivity contribution in [3.05, 3.63) is 29.8 Å². The van der Waals surface area contributed by atoms with Crippen molar-refractivity contribution in [1.29, 1.82) is 0 Å². The second-order valence-corrected chi connectivity index (χ2v) is 10.3. The van der Waals surface area contributed by atoms with Crippen LogP contribution in [0.15, 0.2) is 24.3 Å². The van der Waals surface area contributed by atoms with E-state index in [1.54, 1.807) is 53.7 Å². The van der Waals surface area contributed by atoms with E-state index in [-0.39, 0.29) is 38.3 Å². The monoisotopic (exact) mass is 607 g/mol. The summed E-state index contributed by atoms with van der Waals surface area (Å²) in [5.74, 6) is -0.348. The zero-order valence-electron chi connectivity index (χ0n) is 26.7. The highest BCUT2D eigenvalue weighted by atomic mass is 16.6. The van der Waals surface area contributed by atoms with Gasteiger partial charge < -0.3 is 38.4 Å². The fourth-order valence-electron chi connectivity index (χ4n) is 4.17. The number of ether oxygens (including phenoxy) is 6. The molecule has 2 unspecified atom stereocenters. The zero-order valence-corrected chi connectivity index (χ0v) is 26.7. The van der Waals surface area contributed by atoms with E-state index in [1.165, 1.54) is 7.11 Å². The molecule has 1 aliphatic rings. The Morgan fingerprint density at radius 3 is 2.09 bits per heavy atom. The van der Waals surface area contributed by atoms with Crippen LogP contribution >= 0.6 is 0 Å². The van der Waals surface area contributed by atoms with Crippen molar-refractivity contribution >= 4 is 23.6 Å². The van der Waals surface area contributed by atoms with E-state index in [4.69, 9.17) is 35.2 Å². The van der Waals surface area contributed by atoms with Crippen LogP contribution in [-0.2, 0) is 49.2 Å². The molecule has 0 bridgehead atoms. The number of benzene rings is 1. The van der Waals surface area contributed by atoms with Gasteiger partial charge in [0.15, 0.2) is 5.79 Å². The van der Waals surface area contributed by atoms with Crippen LogP contribution in [0.5, 0.6) is 0 Å². The number of carbonyl (C=O) groups excluding carboxylic acids is 3. The number of terminal acetylenes is 1. The molecule has 1 aromatic carbocycles. The molecular weight excluding hydrogens is 558 g/mol. The lowest BCUT2D eigenvalue weighted by molar-refractivity contribution is -0.194. The highest BCUT2D eigenvalue weighted by Crippen LogP contribution is 2.29. The largest absolute Gasteiger partial charge is 0.464 e. The molecule has 2 atom stereocenters. The summed E-state index contributed by atoms with van der Waals surface area (Å²) in [6, 6.07) is 7.00. The van der Waals surface area contributed by atoms with Gasteiger partial charge >= 0.3 is 17.9 Å². The SMILES string of the molecule is C#CCCOC(C)COC(Cc1ccc(N2CCCC2C(=O)OCC)cc1)(C(=O)OCC)C(=O)OCC.COC(C)(C)O. The summed E-state index contributed by atoms with van der Waals surface area (Å²) < 4.78 is 31.8. The molecule has 11 heteroatoms. The first-order valence-corrected chi connectivity index (χ1v) is 14.7. The zero-order chi connectivity index (χ0) is 32.5. The van der Waals surface area contributed by atoms with E-state index in [9.17, 15) is 14.4 Å². The van der Waals surface area contributed by atoms with Gasteiger partial charge in [-0.15, -0.1) is 12.3 Å². The Morgan fingerprint density at radius 1 is 1.05 bits per heavy atom. The molecule has 1 aliphatic heterocycles. The van der Waals surface area contributed by atoms with Crippen LogP contribution < -0.4 is 4.90 Å². The summed E-state index contributed by atoms with van der Waals surface area (Å²) in [5, 5.41) is 8.60. The first kappa shape index (κ1) is 37.9. The Labute approximate surface area is 256 Å². The third-order valence-electron chi connectivity index (χ3n) is 6.46. The molecule has 11 nitrogen and oxygen atoms in total. The van der Waals surface area contributed by atoms with Crippen molar-refractivity contribution in [2.24, 2.45) is 0 Å². The minimum absolute atomic E-state index is 0.0463. The fourth-order valence-corrected chi connectivity index (χ4v) is 4.17. The number of hydrogen-bond acceptors (Lipinski definition) is 11. The number of esters is 3. The molecule has 0 aromatic heterocycles. The van der Waals surface area contributed by atoms with Crippen LogP contribution in [-0.4, -0.2) is 93.2 Å². The lowest BCUT2D eigenvalue weighted by Gasteiger charge is -2.31. The summed E-state index contributed by atoms with van der Waals surface area (Å²) in [6.45, 7) is 11.5. The number of methoxy groups -OCH3 is 1. The smallest absolute Gasteiger partial charge is 0.350 e. The third-order valence-corrected chi connectivity index (χ3v) is 6.46. The van der Waals surface area contributed by atoms with Crippen molar-refractivity contribution < 1.29 is 47.9 Å². The van der Waals surface area contributed by atoms with Crippen LogP contribution in [0.3, 0.4) is 0 Å². The summed E-state index contributed by atoms with van der Waals surface area (Å²) >= 11 is 0. The topological polar surface area (TPSA) is 130 Å². The molecule has 0 spiro atoms. The van der Waals surface area contributed by atoms with Crippen LogP contribution in [0.25, 0.3) is 0 Å². The molecule has 0 saturated carbocycles. The van der Waals surface area contributed by atoms with Crippen molar-refractivity contribution in [2.75, 3.05) is 51.6 Å². The lowest BCUT2D eigenvalue weighted by Crippen LogP contribution is -2.54. The van der Waals surface area contributed by atoms with Crippen LogP contribution in [0.1, 0.15) is 66.4 Å². The number of carbonyl (C=O) groups is 3. The van der Waals surface area contributed by atoms with Gasteiger partial charge in [0.25, 0.3) is 5.60 Å². The quantitative estimate of drug-likeness (QED) is 0.0741. The summed E-state index contributed by atoms with van der Waals surface area (Å²) in [4.78, 5) is 40.7. The molecule has 1 fully saturated rings. The molecular formula is C32H49NO10. The Morgan fingerprint density at radius 2 is 1.60 bits per heavy atom. The highest BCUT2D eigenvalue weighted by molar-refractivity contribution is 6.04. The van der Waals surface area contributed by atoms with Gasteiger partial charge in [0, 0.05) is 32.2 Å². The Hall–Kier alpha value is -3.17. The lowest BCUT2D eigenvalue weighted by atomic mass is 9.93. The molecule has 2 rings (SSSR count). The van der Waals surface area contributed by atoms with Crippen molar-refractivity contribution in [2.45, 2.75) is 90.8 Å². The van der Waals surface area contributed by atoms with Gasteiger partial charge in [0.05, 0.1) is 39.1 Å². The van der Waals surface area contributed by atoms with E-state index in [0.29, 0.717) is 25.2 Å². The molecule has 1 N–H and O–H groups in total. The number of hydrogen-bond donors (Lipinski definition) is 1. The van der Waals surface area contributed by atoms with E-state index in [2.05, 4.69) is 10.7 Å². The number of anilines is 1. The average Bonchev–Trinajstić information content (AvgIpc) is 3.46. The first-order chi connectivity index (χ1) is 20.4. The van der Waals surface area contributed by atoms with Crippen LogP contribution in [0.4, 0.5) is 5.69 Å². The van der Waals surface area contributed by atoms with Crippen molar-refractivity contribution in [3.8, 4) is 12.3 Å². The van der Waals surface area contributed by atoms with Gasteiger partial charge in [-0.2, -0.15) is 0 Å². The average molecular weight is 608 g/mol. The molecule has 242 valence electrons. The third kappa shape index (κ3) is 12.5. The van der Waals surface area contributed by atoms with Gasteiger partial charge in [0.1, 0.15) is 6.04 Å². The molecule has 1 heterocycles. The van der Waals surface area contributed by atoms with Crippen LogP contribution in [0.2, 0.25) is 0 Å². The molecule has 0 amide bonds. The second-order valence-electron chi connectivity index (χ2n) is 10.3. The summed E-state index contributed by atoms with van der Waals surface area (Å²) in [6.07, 6.45) is 6.80. The maximum absolute atomic E-state index is 13.1. The van der Waals surface area contributed by atoms with Gasteiger partial charge in [-0.1, -0.05) is 12.1 Å². The number of rotatable bonds is 16. The van der Waals surface area contributed by atoms with Gasteiger partial charge in [-0.3, -0.25) is 0 Å². The standard InChI is InChI=1S/C28H39NO8.C4H10O2/c1-6-10-18-36-21(5)20-37-28(26(31)34-8-3,27(32)35-9-4)19-22-13-15-23(16-14-22)29-17-11-12-24(29)25(30)33-7-2;1-4(2,5)6-3/h1,13-16,21,24H,7-12,17-20H2,2-5H3;5H,1-3H3. The van der Waals surface area contributed by atoms with E-state index < -0.39 is 29.4 Å². The summed E-state index contributed by atoms with van der Waals surface area (Å²) in [7, 11) is 1.46. The normalized spacial score (nSPS) is 15.5. The predicted octanol–water partition coefficient (Wildman–Crippen LogP) is 3.43. The second kappa shape index (κ2) is 19.2. The van der Waals surface area contributed by atoms with E-state index in [1.807, 2.05) is 17.0 Å². The van der Waals surface area contributed by atoms with Gasteiger partial charge in [-0.25, -0.2) is 14.4 Å². The van der Waals surface area contributed by atoms with E-state index >= 15 is 0 Å². The van der Waals surface area contributed by atoms with Gasteiger partial charge in [-0.05, 0) is 72.1 Å². The molecule has 1 aromatic rings. The van der Waals surface area contributed by atoms with Gasteiger partial charge in [0.2, 0.25) is 0 Å². The maximum atomic E-state index is 13.1. The maximum Gasteiger partial charge on any atom is 0.350 e. The minimum atomic E-state index is -2.00. The molecule has 0 radical (unpaired) electrons. The Bertz CT molecular complexity index is 1010. The Balaban J connectivity index is 0.00000139. The van der Waals surface area contributed by atoms with E-state index in [0.717, 1.165) is 25.1 Å². The van der Waals surface area contributed by atoms with Crippen molar-refractivity contribution in [3.63, 3.8) is 0 Å². The molecule has 43 heavy (non-hydrogen) atoms.